The summed E-state index contributed by atoms with van der Waals surface area (Å²) >= 11 is 0. The van der Waals surface area contributed by atoms with Crippen molar-refractivity contribution in [2.45, 2.75) is 20.3 Å². The molecule has 0 radical (unpaired) electrons. The Bertz CT molecular complexity index is 408. The van der Waals surface area contributed by atoms with E-state index in [1.165, 1.54) is 0 Å². The molecule has 0 aliphatic rings. The summed E-state index contributed by atoms with van der Waals surface area (Å²) in [6.07, 6.45) is 0.775. The topological polar surface area (TPSA) is 17.1 Å². The van der Waals surface area contributed by atoms with Gasteiger partial charge in [-0.05, 0) is 18.6 Å². The quantitative estimate of drug-likeness (QED) is 0.548. The molecule has 0 aliphatic heterocycles. The van der Waals surface area contributed by atoms with Gasteiger partial charge in [-0.1, -0.05) is 37.0 Å². The molecule has 0 heterocycles. The van der Waals surface area contributed by atoms with Crippen molar-refractivity contribution in [3.8, 4) is 11.8 Å². The predicted molar refractivity (Wildman–Crippen MR) is 54.6 cm³/mol. The summed E-state index contributed by atoms with van der Waals surface area (Å²) in [7, 11) is 0. The second kappa shape index (κ2) is 4.47. The zero-order valence-electron chi connectivity index (χ0n) is 7.92. The van der Waals surface area contributed by atoms with Crippen LogP contribution in [0.15, 0.2) is 29.1 Å². The van der Waals surface area contributed by atoms with E-state index < -0.39 is 0 Å². The van der Waals surface area contributed by atoms with Crippen LogP contribution in [0.25, 0.3) is 0 Å². The molecule has 0 spiro atoms. The molecule has 0 amide bonds. The van der Waals surface area contributed by atoms with Crippen molar-refractivity contribution < 1.29 is 0 Å². The summed E-state index contributed by atoms with van der Waals surface area (Å²) in [6, 6.07) is 7.26. The molecule has 13 heavy (non-hydrogen) atoms. The molecule has 0 atom stereocenters. The maximum atomic E-state index is 11.6. The molecule has 0 N–H and O–H groups in total. The van der Waals surface area contributed by atoms with Crippen LogP contribution in [0, 0.1) is 18.8 Å². The second-order valence-corrected chi connectivity index (χ2v) is 2.80. The number of rotatable bonds is 0. The van der Waals surface area contributed by atoms with E-state index in [4.69, 9.17) is 0 Å². The van der Waals surface area contributed by atoms with E-state index in [2.05, 4.69) is 11.8 Å². The molecule has 66 valence electrons. The van der Waals surface area contributed by atoms with Gasteiger partial charge < -0.3 is 0 Å². The lowest BCUT2D eigenvalue weighted by Crippen LogP contribution is -2.04. The molecule has 0 saturated carbocycles. The second-order valence-electron chi connectivity index (χ2n) is 2.80. The van der Waals surface area contributed by atoms with Gasteiger partial charge in [0.25, 0.3) is 0 Å². The van der Waals surface area contributed by atoms with Crippen LogP contribution in [0.5, 0.6) is 0 Å². The highest BCUT2D eigenvalue weighted by Gasteiger charge is 1.94. The molecule has 1 aromatic rings. The van der Waals surface area contributed by atoms with Gasteiger partial charge >= 0.3 is 0 Å². The lowest BCUT2D eigenvalue weighted by Gasteiger charge is -1.82. The Morgan fingerprint density at radius 2 is 2.00 bits per heavy atom. The van der Waals surface area contributed by atoms with Crippen LogP contribution in [0.4, 0.5) is 0 Å². The van der Waals surface area contributed by atoms with Gasteiger partial charge in [-0.2, -0.15) is 0 Å². The fraction of sp³-hybridized carbons (Fsp3) is 0.250. The van der Waals surface area contributed by atoms with E-state index in [1.807, 2.05) is 19.1 Å². The van der Waals surface area contributed by atoms with Crippen molar-refractivity contribution in [3.63, 3.8) is 0 Å². The molecule has 0 bridgehead atoms. The minimum atomic E-state index is 0.0333. The number of aryl methyl sites for hydroxylation is 1. The standard InChI is InChI=1S/C12H12O/c1-3-4-8-11-9-6-5-7-10(2)12(11)13/h5-7,9H,3H2,1-2H3. The Balaban J connectivity index is 3.32. The molecule has 1 heteroatoms. The zero-order valence-corrected chi connectivity index (χ0v) is 7.92. The fourth-order valence-electron chi connectivity index (χ4n) is 0.998. The first-order valence-electron chi connectivity index (χ1n) is 4.34. The Labute approximate surface area is 78.4 Å². The molecule has 0 unspecified atom stereocenters. The molecule has 0 aliphatic carbocycles. The van der Waals surface area contributed by atoms with Crippen molar-refractivity contribution in [1.82, 2.24) is 0 Å². The number of hydrogen-bond acceptors (Lipinski definition) is 1. The summed E-state index contributed by atoms with van der Waals surface area (Å²) in [4.78, 5) is 11.6. The third kappa shape index (κ3) is 2.45. The van der Waals surface area contributed by atoms with Gasteiger partial charge in [-0.3, -0.25) is 4.79 Å². The monoisotopic (exact) mass is 172 g/mol. The maximum absolute atomic E-state index is 11.6. The van der Waals surface area contributed by atoms with Crippen molar-refractivity contribution in [2.24, 2.45) is 0 Å². The van der Waals surface area contributed by atoms with Crippen LogP contribution in [0.2, 0.25) is 0 Å². The minimum absolute atomic E-state index is 0.0333. The zero-order chi connectivity index (χ0) is 9.68. The maximum Gasteiger partial charge on any atom is 0.197 e. The first-order chi connectivity index (χ1) is 6.25. The molecule has 0 saturated heterocycles. The summed E-state index contributed by atoms with van der Waals surface area (Å²) < 4.78 is 0. The predicted octanol–water partition coefficient (Wildman–Crippen LogP) is 2.12. The van der Waals surface area contributed by atoms with Crippen LogP contribution in [0.3, 0.4) is 0 Å². The van der Waals surface area contributed by atoms with E-state index in [-0.39, 0.29) is 5.43 Å². The minimum Gasteiger partial charge on any atom is -0.288 e. The molecule has 0 fully saturated rings. The van der Waals surface area contributed by atoms with Gasteiger partial charge in [0.1, 0.15) is 0 Å². The Kier molecular flexibility index (Phi) is 3.28. The SMILES string of the molecule is CCC#Cc1ccccc(C)c1=O. The van der Waals surface area contributed by atoms with Gasteiger partial charge in [0, 0.05) is 6.42 Å². The molecule has 1 nitrogen and oxygen atoms in total. The highest BCUT2D eigenvalue weighted by molar-refractivity contribution is 5.35. The van der Waals surface area contributed by atoms with Gasteiger partial charge in [0.05, 0.1) is 5.56 Å². The Morgan fingerprint density at radius 1 is 1.31 bits per heavy atom. The molecule has 1 aromatic carbocycles. The summed E-state index contributed by atoms with van der Waals surface area (Å²) in [5.74, 6) is 5.76. The summed E-state index contributed by atoms with van der Waals surface area (Å²) in [5.41, 5.74) is 1.36. The van der Waals surface area contributed by atoms with Crippen LogP contribution < -0.4 is 5.43 Å². The van der Waals surface area contributed by atoms with Gasteiger partial charge in [0.15, 0.2) is 5.43 Å². The van der Waals surface area contributed by atoms with E-state index in [9.17, 15) is 4.79 Å². The normalized spacial score (nSPS) is 8.77. The fourth-order valence-corrected chi connectivity index (χ4v) is 0.998. The van der Waals surface area contributed by atoms with Crippen LogP contribution >= 0.6 is 0 Å². The summed E-state index contributed by atoms with van der Waals surface area (Å²) in [5, 5.41) is 0. The largest absolute Gasteiger partial charge is 0.288 e. The first-order valence-corrected chi connectivity index (χ1v) is 4.34. The van der Waals surface area contributed by atoms with Gasteiger partial charge in [-0.15, -0.1) is 0 Å². The Hall–Kier alpha value is -1.55. The van der Waals surface area contributed by atoms with Crippen molar-refractivity contribution in [1.29, 1.82) is 0 Å². The average Bonchev–Trinajstić information content (AvgIpc) is 2.28. The van der Waals surface area contributed by atoms with Crippen LogP contribution in [-0.4, -0.2) is 0 Å². The highest BCUT2D eigenvalue weighted by Crippen LogP contribution is 1.92. The third-order valence-corrected chi connectivity index (χ3v) is 1.72. The van der Waals surface area contributed by atoms with Crippen molar-refractivity contribution in [2.75, 3.05) is 0 Å². The van der Waals surface area contributed by atoms with Gasteiger partial charge in [-0.25, -0.2) is 0 Å². The molecular formula is C12H12O. The smallest absolute Gasteiger partial charge is 0.197 e. The van der Waals surface area contributed by atoms with E-state index in [1.54, 1.807) is 19.1 Å². The molecule has 0 aromatic heterocycles. The Morgan fingerprint density at radius 3 is 2.69 bits per heavy atom. The van der Waals surface area contributed by atoms with E-state index >= 15 is 0 Å². The first kappa shape index (κ1) is 9.54. The van der Waals surface area contributed by atoms with Crippen molar-refractivity contribution in [3.05, 3.63) is 45.6 Å². The van der Waals surface area contributed by atoms with E-state index in [0.717, 1.165) is 12.0 Å². The van der Waals surface area contributed by atoms with Crippen LogP contribution in [-0.2, 0) is 0 Å². The lowest BCUT2D eigenvalue weighted by atomic mass is 10.2. The van der Waals surface area contributed by atoms with Crippen molar-refractivity contribution >= 4 is 0 Å². The highest BCUT2D eigenvalue weighted by atomic mass is 16.1. The van der Waals surface area contributed by atoms with Crippen LogP contribution in [0.1, 0.15) is 24.5 Å². The number of hydrogen-bond donors (Lipinski definition) is 0. The summed E-state index contributed by atoms with van der Waals surface area (Å²) in [6.45, 7) is 3.77. The third-order valence-electron chi connectivity index (χ3n) is 1.72. The lowest BCUT2D eigenvalue weighted by molar-refractivity contribution is 1.28. The van der Waals surface area contributed by atoms with E-state index in [0.29, 0.717) is 5.56 Å². The average molecular weight is 172 g/mol. The molecule has 1 rings (SSSR count). The van der Waals surface area contributed by atoms with Gasteiger partial charge in [0.2, 0.25) is 0 Å². The molecular weight excluding hydrogens is 160 g/mol.